The first-order chi connectivity index (χ1) is 13.1. The fourth-order valence-electron chi connectivity index (χ4n) is 2.53. The molecule has 0 radical (unpaired) electrons. The van der Waals surface area contributed by atoms with Crippen LogP contribution in [0, 0.1) is 11.6 Å². The maximum atomic E-state index is 13.7. The predicted octanol–water partition coefficient (Wildman–Crippen LogP) is 4.12. The molecule has 0 N–H and O–H groups in total. The lowest BCUT2D eigenvalue weighted by molar-refractivity contribution is -0.143. The van der Waals surface area contributed by atoms with Gasteiger partial charge in [0.05, 0.1) is 24.8 Å². The minimum Gasteiger partial charge on any atom is -0.466 e. The van der Waals surface area contributed by atoms with Crippen LogP contribution < -0.4 is 0 Å². The standard InChI is InChI=1S/C20H18F2N2O3/c21-15-5-6-16(17(22)11-15)18-13-24-19(27-18)7-8-20(25)26-10-2-4-14-3-1-9-23-12-14/h1,3,5-6,9,11-13H,2,4,7-8,10H2. The molecule has 3 aromatic rings. The molecule has 0 aliphatic carbocycles. The van der Waals surface area contributed by atoms with Crippen molar-refractivity contribution in [2.24, 2.45) is 0 Å². The van der Waals surface area contributed by atoms with Crippen molar-refractivity contribution in [1.82, 2.24) is 9.97 Å². The van der Waals surface area contributed by atoms with Crippen LogP contribution in [-0.4, -0.2) is 22.5 Å². The number of halogens is 2. The summed E-state index contributed by atoms with van der Waals surface area (Å²) in [6, 6.07) is 7.04. The van der Waals surface area contributed by atoms with Crippen LogP contribution in [0.4, 0.5) is 8.78 Å². The zero-order chi connectivity index (χ0) is 19.1. The van der Waals surface area contributed by atoms with E-state index >= 15 is 0 Å². The lowest BCUT2D eigenvalue weighted by Crippen LogP contribution is -2.07. The number of hydrogen-bond donors (Lipinski definition) is 0. The molecule has 0 unspecified atom stereocenters. The molecule has 0 atom stereocenters. The van der Waals surface area contributed by atoms with Crippen LogP contribution in [0.1, 0.15) is 24.3 Å². The second-order valence-electron chi connectivity index (χ2n) is 5.93. The lowest BCUT2D eigenvalue weighted by atomic mass is 10.2. The van der Waals surface area contributed by atoms with Crippen LogP contribution in [0.2, 0.25) is 0 Å². The van der Waals surface area contributed by atoms with Crippen molar-refractivity contribution in [2.75, 3.05) is 6.61 Å². The maximum Gasteiger partial charge on any atom is 0.306 e. The van der Waals surface area contributed by atoms with Crippen molar-refractivity contribution >= 4 is 5.97 Å². The van der Waals surface area contributed by atoms with E-state index in [9.17, 15) is 13.6 Å². The normalized spacial score (nSPS) is 10.7. The predicted molar refractivity (Wildman–Crippen MR) is 93.7 cm³/mol. The van der Waals surface area contributed by atoms with Crippen LogP contribution in [0.5, 0.6) is 0 Å². The summed E-state index contributed by atoms with van der Waals surface area (Å²) in [6.07, 6.45) is 6.69. The summed E-state index contributed by atoms with van der Waals surface area (Å²) >= 11 is 0. The molecule has 0 saturated heterocycles. The monoisotopic (exact) mass is 372 g/mol. The summed E-state index contributed by atoms with van der Waals surface area (Å²) in [7, 11) is 0. The van der Waals surface area contributed by atoms with Crippen LogP contribution >= 0.6 is 0 Å². The average molecular weight is 372 g/mol. The molecule has 140 valence electrons. The van der Waals surface area contributed by atoms with Gasteiger partial charge in [0.15, 0.2) is 11.7 Å². The first kappa shape index (κ1) is 18.7. The number of oxazole rings is 1. The van der Waals surface area contributed by atoms with E-state index in [4.69, 9.17) is 9.15 Å². The van der Waals surface area contributed by atoms with Gasteiger partial charge in [0.1, 0.15) is 11.6 Å². The highest BCUT2D eigenvalue weighted by Gasteiger charge is 2.13. The highest BCUT2D eigenvalue weighted by Crippen LogP contribution is 2.24. The minimum atomic E-state index is -0.731. The Morgan fingerprint density at radius 1 is 1.15 bits per heavy atom. The third-order valence-corrected chi connectivity index (χ3v) is 3.89. The van der Waals surface area contributed by atoms with Crippen LogP contribution in [-0.2, 0) is 22.4 Å². The summed E-state index contributed by atoms with van der Waals surface area (Å²) in [5.41, 5.74) is 1.21. The Bertz CT molecular complexity index is 897. The lowest BCUT2D eigenvalue weighted by Gasteiger charge is -2.04. The van der Waals surface area contributed by atoms with Gasteiger partial charge in [0, 0.05) is 24.9 Å². The van der Waals surface area contributed by atoms with Gasteiger partial charge in [-0.1, -0.05) is 6.07 Å². The Labute approximate surface area is 155 Å². The molecule has 1 aromatic carbocycles. The molecule has 7 heteroatoms. The van der Waals surface area contributed by atoms with E-state index in [2.05, 4.69) is 9.97 Å². The SMILES string of the molecule is O=C(CCc1ncc(-c2ccc(F)cc2F)o1)OCCCc1cccnc1. The molecule has 3 rings (SSSR count). The second-order valence-corrected chi connectivity index (χ2v) is 5.93. The summed E-state index contributed by atoms with van der Waals surface area (Å²) < 4.78 is 37.3. The number of pyridine rings is 1. The Kier molecular flexibility index (Phi) is 6.25. The van der Waals surface area contributed by atoms with E-state index in [0.717, 1.165) is 24.1 Å². The highest BCUT2D eigenvalue weighted by atomic mass is 19.1. The van der Waals surface area contributed by atoms with Gasteiger partial charge >= 0.3 is 5.97 Å². The number of carbonyl (C=O) groups excluding carboxylic acids is 1. The smallest absolute Gasteiger partial charge is 0.306 e. The molecule has 0 amide bonds. The molecule has 0 aliphatic rings. The van der Waals surface area contributed by atoms with Crippen LogP contribution in [0.3, 0.4) is 0 Å². The molecule has 0 aliphatic heterocycles. The Morgan fingerprint density at radius 3 is 2.81 bits per heavy atom. The first-order valence-corrected chi connectivity index (χ1v) is 8.56. The third kappa shape index (κ3) is 5.44. The molecule has 0 fully saturated rings. The summed E-state index contributed by atoms with van der Waals surface area (Å²) in [4.78, 5) is 19.8. The number of benzene rings is 1. The van der Waals surface area contributed by atoms with Gasteiger partial charge in [0.2, 0.25) is 0 Å². The van der Waals surface area contributed by atoms with Crippen molar-refractivity contribution in [2.45, 2.75) is 25.7 Å². The molecule has 0 bridgehead atoms. The maximum absolute atomic E-state index is 13.7. The van der Waals surface area contributed by atoms with Crippen LogP contribution in [0.25, 0.3) is 11.3 Å². The number of esters is 1. The number of hydrogen-bond acceptors (Lipinski definition) is 5. The van der Waals surface area contributed by atoms with E-state index < -0.39 is 11.6 Å². The molecule has 5 nitrogen and oxygen atoms in total. The van der Waals surface area contributed by atoms with E-state index in [-0.39, 0.29) is 30.1 Å². The second kappa shape index (κ2) is 9.02. The van der Waals surface area contributed by atoms with E-state index in [1.165, 1.54) is 12.3 Å². The largest absolute Gasteiger partial charge is 0.466 e. The van der Waals surface area contributed by atoms with E-state index in [1.54, 1.807) is 12.4 Å². The zero-order valence-electron chi connectivity index (χ0n) is 14.5. The topological polar surface area (TPSA) is 65.2 Å². The van der Waals surface area contributed by atoms with E-state index in [1.807, 2.05) is 12.1 Å². The number of rotatable bonds is 8. The zero-order valence-corrected chi connectivity index (χ0v) is 14.5. The van der Waals surface area contributed by atoms with Gasteiger partial charge in [0.25, 0.3) is 0 Å². The van der Waals surface area contributed by atoms with Crippen molar-refractivity contribution in [3.63, 3.8) is 0 Å². The molecular weight excluding hydrogens is 354 g/mol. The average Bonchev–Trinajstić information content (AvgIpc) is 3.13. The molecule has 27 heavy (non-hydrogen) atoms. The van der Waals surface area contributed by atoms with Crippen molar-refractivity contribution in [3.8, 4) is 11.3 Å². The number of ether oxygens (including phenoxy) is 1. The highest BCUT2D eigenvalue weighted by molar-refractivity contribution is 5.69. The molecule has 0 spiro atoms. The summed E-state index contributed by atoms with van der Waals surface area (Å²) in [5, 5.41) is 0. The van der Waals surface area contributed by atoms with Gasteiger partial charge in [-0.2, -0.15) is 0 Å². The third-order valence-electron chi connectivity index (χ3n) is 3.89. The Balaban J connectivity index is 1.42. The van der Waals surface area contributed by atoms with Gasteiger partial charge in [-0.3, -0.25) is 9.78 Å². The Morgan fingerprint density at radius 2 is 2.04 bits per heavy atom. The van der Waals surface area contributed by atoms with Gasteiger partial charge in [-0.25, -0.2) is 13.8 Å². The van der Waals surface area contributed by atoms with E-state index in [0.29, 0.717) is 18.9 Å². The van der Waals surface area contributed by atoms with Crippen molar-refractivity contribution in [1.29, 1.82) is 0 Å². The fraction of sp³-hybridized carbons (Fsp3) is 0.250. The van der Waals surface area contributed by atoms with Gasteiger partial charge < -0.3 is 9.15 Å². The van der Waals surface area contributed by atoms with Crippen molar-refractivity contribution < 1.29 is 22.7 Å². The summed E-state index contributed by atoms with van der Waals surface area (Å²) in [5.74, 6) is -1.27. The molecular formula is C20H18F2N2O3. The molecule has 2 aromatic heterocycles. The van der Waals surface area contributed by atoms with Gasteiger partial charge in [-0.05, 0) is 36.6 Å². The Hall–Kier alpha value is -3.09. The number of nitrogens with zero attached hydrogens (tertiary/aromatic N) is 2. The first-order valence-electron chi connectivity index (χ1n) is 8.56. The summed E-state index contributed by atoms with van der Waals surface area (Å²) in [6.45, 7) is 0.325. The van der Waals surface area contributed by atoms with Gasteiger partial charge in [-0.15, -0.1) is 0 Å². The molecule has 2 heterocycles. The number of aromatic nitrogens is 2. The van der Waals surface area contributed by atoms with Crippen LogP contribution in [0.15, 0.2) is 53.3 Å². The fourth-order valence-corrected chi connectivity index (χ4v) is 2.53. The quantitative estimate of drug-likeness (QED) is 0.440. The number of aryl methyl sites for hydroxylation is 2. The molecule has 0 saturated carbocycles. The minimum absolute atomic E-state index is 0.110. The number of carbonyl (C=O) groups is 1. The van der Waals surface area contributed by atoms with Crippen molar-refractivity contribution in [3.05, 3.63) is 72.0 Å².